The summed E-state index contributed by atoms with van der Waals surface area (Å²) in [5, 5.41) is 3.09. The number of rotatable bonds is 7. The van der Waals surface area contributed by atoms with Crippen LogP contribution in [0.1, 0.15) is 15.9 Å². The molecule has 0 radical (unpaired) electrons. The van der Waals surface area contributed by atoms with E-state index in [4.69, 9.17) is 18.9 Å². The fourth-order valence-electron chi connectivity index (χ4n) is 3.75. The normalized spacial score (nSPS) is 10.5. The third kappa shape index (κ3) is 4.85. The molecule has 1 aromatic heterocycles. The third-order valence-electron chi connectivity index (χ3n) is 5.56. The molecule has 0 atom stereocenters. The number of para-hydroxylation sites is 1. The van der Waals surface area contributed by atoms with Crippen molar-refractivity contribution in [3.05, 3.63) is 94.1 Å². The minimum atomic E-state index is -1.01. The lowest BCUT2D eigenvalue weighted by atomic mass is 10.1. The van der Waals surface area contributed by atoms with Gasteiger partial charge >= 0.3 is 6.16 Å². The average Bonchev–Trinajstić information content (AvgIpc) is 2.92. The van der Waals surface area contributed by atoms with Crippen molar-refractivity contribution in [2.45, 2.75) is 6.54 Å². The van der Waals surface area contributed by atoms with Crippen molar-refractivity contribution in [3.63, 3.8) is 0 Å². The van der Waals surface area contributed by atoms with Gasteiger partial charge in [0.25, 0.3) is 5.91 Å². The van der Waals surface area contributed by atoms with Gasteiger partial charge in [0.2, 0.25) is 5.88 Å². The van der Waals surface area contributed by atoms with Gasteiger partial charge in [-0.25, -0.2) is 4.79 Å². The Morgan fingerprint density at radius 2 is 1.53 bits per heavy atom. The summed E-state index contributed by atoms with van der Waals surface area (Å²) in [5.41, 5.74) is 1.12. The number of fused-ring (bicyclic) bond motifs is 1. The first-order valence-corrected chi connectivity index (χ1v) is 11.0. The lowest BCUT2D eigenvalue weighted by molar-refractivity contribution is 0.0950. The van der Waals surface area contributed by atoms with E-state index >= 15 is 0 Å². The number of ether oxygens (including phenoxy) is 4. The number of hydrogen-bond acceptors (Lipinski definition) is 7. The summed E-state index contributed by atoms with van der Waals surface area (Å²) in [5.74, 6) is 0.628. The number of amides is 1. The summed E-state index contributed by atoms with van der Waals surface area (Å²) < 4.78 is 22.3. The Bertz CT molecular complexity index is 1460. The number of aromatic nitrogens is 1. The Balaban J connectivity index is 1.88. The highest BCUT2D eigenvalue weighted by molar-refractivity contribution is 5.94. The van der Waals surface area contributed by atoms with Gasteiger partial charge in [-0.3, -0.25) is 14.2 Å². The number of hydrogen-bond donors (Lipinski definition) is 1. The number of nitrogens with one attached hydrogen (secondary N) is 1. The minimum absolute atomic E-state index is 0.0729. The van der Waals surface area contributed by atoms with Crippen LogP contribution in [-0.4, -0.2) is 38.0 Å². The van der Waals surface area contributed by atoms with E-state index in [0.717, 1.165) is 0 Å². The van der Waals surface area contributed by atoms with Gasteiger partial charge in [0, 0.05) is 22.7 Å². The molecule has 0 aliphatic rings. The molecular weight excluding hydrogens is 464 g/mol. The molecule has 9 nitrogen and oxygen atoms in total. The number of carbonyl (C=O) groups excluding carboxylic acids is 2. The topological polar surface area (TPSA) is 105 Å². The fourth-order valence-corrected chi connectivity index (χ4v) is 3.75. The monoisotopic (exact) mass is 488 g/mol. The highest BCUT2D eigenvalue weighted by Crippen LogP contribution is 2.30. The first-order chi connectivity index (χ1) is 17.5. The molecule has 36 heavy (non-hydrogen) atoms. The smallest absolute Gasteiger partial charge is 0.497 e. The van der Waals surface area contributed by atoms with E-state index < -0.39 is 17.5 Å². The van der Waals surface area contributed by atoms with Crippen LogP contribution >= 0.6 is 0 Å². The first-order valence-electron chi connectivity index (χ1n) is 11.0. The SMILES string of the molecule is COC(=O)Oc1c(CNC(=O)c2ccc(OC)cc2)c(=O)c2ccc(OC)cc2n1-c1ccccc1. The molecule has 0 aliphatic carbocycles. The molecule has 1 amide bonds. The largest absolute Gasteiger partial charge is 0.514 e. The van der Waals surface area contributed by atoms with E-state index in [-0.39, 0.29) is 18.0 Å². The van der Waals surface area contributed by atoms with Crippen molar-refractivity contribution >= 4 is 23.0 Å². The Hall–Kier alpha value is -4.79. The summed E-state index contributed by atoms with van der Waals surface area (Å²) in [7, 11) is 4.22. The second kappa shape index (κ2) is 10.6. The molecule has 1 N–H and O–H groups in total. The molecule has 0 saturated heterocycles. The fraction of sp³-hybridized carbons (Fsp3) is 0.148. The molecule has 9 heteroatoms. The van der Waals surface area contributed by atoms with Crippen LogP contribution in [0.4, 0.5) is 4.79 Å². The van der Waals surface area contributed by atoms with Crippen LogP contribution in [-0.2, 0) is 11.3 Å². The number of pyridine rings is 1. The van der Waals surface area contributed by atoms with Crippen LogP contribution in [0.2, 0.25) is 0 Å². The predicted octanol–water partition coefficient (Wildman–Crippen LogP) is 4.08. The van der Waals surface area contributed by atoms with Gasteiger partial charge in [-0.05, 0) is 48.5 Å². The van der Waals surface area contributed by atoms with E-state index in [9.17, 15) is 14.4 Å². The van der Waals surface area contributed by atoms with Crippen molar-refractivity contribution in [1.29, 1.82) is 0 Å². The zero-order valence-electron chi connectivity index (χ0n) is 19.9. The quantitative estimate of drug-likeness (QED) is 0.391. The van der Waals surface area contributed by atoms with Gasteiger partial charge in [0.15, 0.2) is 5.43 Å². The van der Waals surface area contributed by atoms with Crippen LogP contribution in [0.25, 0.3) is 16.6 Å². The molecule has 184 valence electrons. The second-order valence-electron chi connectivity index (χ2n) is 7.63. The number of methoxy groups -OCH3 is 3. The van der Waals surface area contributed by atoms with Gasteiger partial charge in [-0.2, -0.15) is 0 Å². The van der Waals surface area contributed by atoms with E-state index in [0.29, 0.717) is 33.7 Å². The third-order valence-corrected chi connectivity index (χ3v) is 5.56. The molecule has 1 heterocycles. The van der Waals surface area contributed by atoms with Gasteiger partial charge in [0.1, 0.15) is 11.5 Å². The second-order valence-corrected chi connectivity index (χ2v) is 7.63. The van der Waals surface area contributed by atoms with Crippen molar-refractivity contribution in [1.82, 2.24) is 9.88 Å². The molecule has 4 rings (SSSR count). The lowest BCUT2D eigenvalue weighted by Gasteiger charge is -2.20. The molecule has 0 spiro atoms. The van der Waals surface area contributed by atoms with E-state index in [1.165, 1.54) is 21.3 Å². The maximum Gasteiger partial charge on any atom is 0.514 e. The van der Waals surface area contributed by atoms with Crippen LogP contribution in [0.15, 0.2) is 77.6 Å². The molecule has 0 saturated carbocycles. The van der Waals surface area contributed by atoms with Gasteiger partial charge in [-0.1, -0.05) is 18.2 Å². The number of nitrogens with zero attached hydrogens (tertiary/aromatic N) is 1. The van der Waals surface area contributed by atoms with Crippen molar-refractivity contribution in [2.75, 3.05) is 21.3 Å². The van der Waals surface area contributed by atoms with Gasteiger partial charge in [-0.15, -0.1) is 0 Å². The molecule has 3 aromatic carbocycles. The highest BCUT2D eigenvalue weighted by atomic mass is 16.7. The van der Waals surface area contributed by atoms with Gasteiger partial charge < -0.3 is 24.3 Å². The van der Waals surface area contributed by atoms with Crippen LogP contribution in [0.3, 0.4) is 0 Å². The summed E-state index contributed by atoms with van der Waals surface area (Å²) in [6, 6.07) is 20.6. The summed E-state index contributed by atoms with van der Waals surface area (Å²) >= 11 is 0. The summed E-state index contributed by atoms with van der Waals surface area (Å²) in [6.07, 6.45) is -1.01. The number of benzene rings is 3. The summed E-state index contributed by atoms with van der Waals surface area (Å²) in [4.78, 5) is 38.6. The Morgan fingerprint density at radius 1 is 0.861 bits per heavy atom. The molecule has 0 aliphatic heterocycles. The number of carbonyl (C=O) groups is 2. The molecular formula is C27H24N2O7. The maximum atomic E-state index is 13.6. The molecule has 0 fully saturated rings. The Labute approximate surface area is 206 Å². The predicted molar refractivity (Wildman–Crippen MR) is 133 cm³/mol. The highest BCUT2D eigenvalue weighted by Gasteiger charge is 2.23. The zero-order valence-corrected chi connectivity index (χ0v) is 19.9. The van der Waals surface area contributed by atoms with Crippen molar-refractivity contribution < 1.29 is 28.5 Å². The van der Waals surface area contributed by atoms with Crippen molar-refractivity contribution in [3.8, 4) is 23.1 Å². The van der Waals surface area contributed by atoms with Crippen molar-refractivity contribution in [2.24, 2.45) is 0 Å². The lowest BCUT2D eigenvalue weighted by Crippen LogP contribution is -2.29. The molecule has 0 bridgehead atoms. The minimum Gasteiger partial charge on any atom is -0.497 e. The van der Waals surface area contributed by atoms with Crippen LogP contribution in [0.5, 0.6) is 17.4 Å². The Morgan fingerprint density at radius 3 is 2.17 bits per heavy atom. The van der Waals surface area contributed by atoms with E-state index in [2.05, 4.69) is 5.32 Å². The standard InChI is InChI=1S/C27H24N2O7/c1-33-19-11-9-17(10-12-19)25(31)28-16-22-24(30)21-14-13-20(34-2)15-23(21)29(18-7-5-4-6-8-18)26(22)36-27(32)35-3/h4-15H,16H2,1-3H3,(H,28,31). The zero-order chi connectivity index (χ0) is 25.7. The molecule has 4 aromatic rings. The maximum absolute atomic E-state index is 13.6. The van der Waals surface area contributed by atoms with Crippen LogP contribution in [0, 0.1) is 0 Å². The van der Waals surface area contributed by atoms with E-state index in [1.54, 1.807) is 59.2 Å². The Kier molecular flexibility index (Phi) is 7.20. The molecule has 0 unspecified atom stereocenters. The van der Waals surface area contributed by atoms with E-state index in [1.807, 2.05) is 18.2 Å². The average molecular weight is 488 g/mol. The first kappa shape index (κ1) is 24.3. The van der Waals surface area contributed by atoms with Gasteiger partial charge in [0.05, 0.1) is 39.0 Å². The summed E-state index contributed by atoms with van der Waals surface area (Å²) in [6.45, 7) is -0.204. The van der Waals surface area contributed by atoms with Crippen LogP contribution < -0.4 is 25.0 Å².